The van der Waals surface area contributed by atoms with Crippen molar-refractivity contribution in [3.05, 3.63) is 0 Å². The normalized spacial score (nSPS) is 14.0. The Balaban J connectivity index is 4.07. The van der Waals surface area contributed by atoms with Crippen molar-refractivity contribution in [1.29, 1.82) is 0 Å². The van der Waals surface area contributed by atoms with Gasteiger partial charge in [-0.25, -0.2) is 4.79 Å². The zero-order valence-corrected chi connectivity index (χ0v) is 8.70. The number of Topliss-reactive ketones (excluding diaryl/α,β-unsaturated/α-hetero) is 1. The number of hydrogen-bond acceptors (Lipinski definition) is 5. The maximum Gasteiger partial charge on any atom is 0.347 e. The largest absolute Gasteiger partial charge is 0.452 e. The van der Waals surface area contributed by atoms with Crippen LogP contribution in [0.25, 0.3) is 0 Å². The van der Waals surface area contributed by atoms with Gasteiger partial charge in [-0.15, -0.1) is 0 Å². The van der Waals surface area contributed by atoms with Crippen molar-refractivity contribution in [3.8, 4) is 0 Å². The van der Waals surface area contributed by atoms with Crippen molar-refractivity contribution in [2.75, 3.05) is 0 Å². The van der Waals surface area contributed by atoms with Crippen LogP contribution in [0, 0.1) is 0 Å². The van der Waals surface area contributed by atoms with E-state index in [2.05, 4.69) is 4.74 Å². The lowest BCUT2D eigenvalue weighted by Crippen LogP contribution is -2.30. The second-order valence-corrected chi connectivity index (χ2v) is 2.94. The van der Waals surface area contributed by atoms with Crippen LogP contribution in [-0.2, 0) is 23.9 Å². The molecule has 2 unspecified atom stereocenters. The summed E-state index contributed by atoms with van der Waals surface area (Å²) in [4.78, 5) is 32.4. The van der Waals surface area contributed by atoms with Gasteiger partial charge >= 0.3 is 11.9 Å². The summed E-state index contributed by atoms with van der Waals surface area (Å²) in [6, 6.07) is 0. The van der Waals surface area contributed by atoms with Crippen LogP contribution >= 0.6 is 0 Å². The summed E-state index contributed by atoms with van der Waals surface area (Å²) >= 11 is 0. The van der Waals surface area contributed by atoms with Crippen LogP contribution in [0.1, 0.15) is 27.7 Å². The molecule has 0 saturated carbocycles. The first kappa shape index (κ1) is 12.6. The van der Waals surface area contributed by atoms with E-state index in [9.17, 15) is 14.4 Å². The third-order valence-corrected chi connectivity index (χ3v) is 1.54. The minimum atomic E-state index is -0.978. The van der Waals surface area contributed by atoms with Gasteiger partial charge in [-0.1, -0.05) is 0 Å². The van der Waals surface area contributed by atoms with Gasteiger partial charge in [0.2, 0.25) is 0 Å². The van der Waals surface area contributed by atoms with Crippen LogP contribution < -0.4 is 0 Å². The van der Waals surface area contributed by atoms with Crippen LogP contribution in [0.4, 0.5) is 0 Å². The molecule has 80 valence electrons. The van der Waals surface area contributed by atoms with Gasteiger partial charge in [-0.05, 0) is 20.8 Å². The highest BCUT2D eigenvalue weighted by atomic mass is 16.6. The molecular weight excluding hydrogens is 188 g/mol. The summed E-state index contributed by atoms with van der Waals surface area (Å²) < 4.78 is 9.28. The van der Waals surface area contributed by atoms with Gasteiger partial charge in [-0.3, -0.25) is 9.59 Å². The molecule has 0 aromatic heterocycles. The van der Waals surface area contributed by atoms with E-state index in [1.165, 1.54) is 27.7 Å². The van der Waals surface area contributed by atoms with E-state index in [0.29, 0.717) is 0 Å². The van der Waals surface area contributed by atoms with E-state index in [4.69, 9.17) is 4.74 Å². The Bertz CT molecular complexity index is 246. The number of carbonyl (C=O) groups is 3. The highest BCUT2D eigenvalue weighted by Crippen LogP contribution is 2.00. The summed E-state index contributed by atoms with van der Waals surface area (Å²) in [7, 11) is 0. The van der Waals surface area contributed by atoms with Gasteiger partial charge in [0, 0.05) is 6.92 Å². The summed E-state index contributed by atoms with van der Waals surface area (Å²) in [6.07, 6.45) is -1.78. The SMILES string of the molecule is CC(=O)OC(C)C(=O)OC(C)C(C)=O. The molecule has 0 aliphatic rings. The lowest BCUT2D eigenvalue weighted by Gasteiger charge is -2.14. The van der Waals surface area contributed by atoms with Gasteiger partial charge in [0.15, 0.2) is 18.0 Å². The number of ketones is 1. The zero-order valence-electron chi connectivity index (χ0n) is 8.70. The van der Waals surface area contributed by atoms with E-state index in [0.717, 1.165) is 0 Å². The maximum absolute atomic E-state index is 11.1. The van der Waals surface area contributed by atoms with Crippen LogP contribution in [0.2, 0.25) is 0 Å². The van der Waals surface area contributed by atoms with Crippen LogP contribution in [0.3, 0.4) is 0 Å². The lowest BCUT2D eigenvalue weighted by molar-refractivity contribution is -0.170. The molecule has 2 atom stereocenters. The van der Waals surface area contributed by atoms with E-state index in [1.54, 1.807) is 0 Å². The quantitative estimate of drug-likeness (QED) is 0.619. The molecule has 0 fully saturated rings. The summed E-state index contributed by atoms with van der Waals surface area (Å²) in [5.41, 5.74) is 0. The molecule has 0 aliphatic carbocycles. The average Bonchev–Trinajstić information content (AvgIpc) is 2.02. The van der Waals surface area contributed by atoms with E-state index >= 15 is 0 Å². The number of carbonyl (C=O) groups excluding carboxylic acids is 3. The predicted octanol–water partition coefficient (Wildman–Crippen LogP) is 0.459. The molecule has 0 aliphatic heterocycles. The minimum absolute atomic E-state index is 0.256. The molecule has 0 N–H and O–H groups in total. The molecule has 14 heavy (non-hydrogen) atoms. The molecule has 0 rings (SSSR count). The van der Waals surface area contributed by atoms with Crippen molar-refractivity contribution in [1.82, 2.24) is 0 Å². The van der Waals surface area contributed by atoms with Gasteiger partial charge in [0.1, 0.15) is 0 Å². The molecule has 0 bridgehead atoms. The minimum Gasteiger partial charge on any atom is -0.452 e. The second kappa shape index (κ2) is 5.36. The molecule has 0 saturated heterocycles. The topological polar surface area (TPSA) is 69.7 Å². The Morgan fingerprint density at radius 1 is 0.929 bits per heavy atom. The first-order valence-electron chi connectivity index (χ1n) is 4.22. The molecule has 0 radical (unpaired) electrons. The fraction of sp³-hybridized carbons (Fsp3) is 0.667. The lowest BCUT2D eigenvalue weighted by atomic mass is 10.3. The molecule has 0 amide bonds. The smallest absolute Gasteiger partial charge is 0.347 e. The van der Waals surface area contributed by atoms with Crippen LogP contribution in [-0.4, -0.2) is 29.9 Å². The summed E-state index contributed by atoms with van der Waals surface area (Å²) in [5.74, 6) is -1.54. The number of esters is 2. The zero-order chi connectivity index (χ0) is 11.3. The molecule has 0 heterocycles. The molecule has 5 nitrogen and oxygen atoms in total. The van der Waals surface area contributed by atoms with Crippen molar-refractivity contribution < 1.29 is 23.9 Å². The van der Waals surface area contributed by atoms with Crippen molar-refractivity contribution in [2.45, 2.75) is 39.9 Å². The van der Waals surface area contributed by atoms with Gasteiger partial charge in [0.25, 0.3) is 0 Å². The summed E-state index contributed by atoms with van der Waals surface area (Å²) in [6.45, 7) is 5.35. The fourth-order valence-electron chi connectivity index (χ4n) is 0.650. The van der Waals surface area contributed by atoms with Crippen molar-refractivity contribution in [3.63, 3.8) is 0 Å². The molecule has 0 spiro atoms. The first-order chi connectivity index (χ1) is 6.34. The average molecular weight is 202 g/mol. The number of rotatable bonds is 4. The Labute approximate surface area is 82.4 Å². The molecule has 0 aromatic rings. The van der Waals surface area contributed by atoms with E-state index < -0.39 is 24.1 Å². The Morgan fingerprint density at radius 2 is 1.43 bits per heavy atom. The molecule has 5 heteroatoms. The summed E-state index contributed by atoms with van der Waals surface area (Å²) in [5, 5.41) is 0. The highest BCUT2D eigenvalue weighted by Gasteiger charge is 2.21. The van der Waals surface area contributed by atoms with Crippen LogP contribution in [0.15, 0.2) is 0 Å². The third-order valence-electron chi connectivity index (χ3n) is 1.54. The maximum atomic E-state index is 11.1. The molecule has 0 aromatic carbocycles. The van der Waals surface area contributed by atoms with Gasteiger partial charge < -0.3 is 9.47 Å². The molecular formula is C9H14O5. The second-order valence-electron chi connectivity index (χ2n) is 2.94. The Morgan fingerprint density at radius 3 is 1.79 bits per heavy atom. The number of hydrogen-bond donors (Lipinski definition) is 0. The highest BCUT2D eigenvalue weighted by molar-refractivity contribution is 5.84. The monoisotopic (exact) mass is 202 g/mol. The van der Waals surface area contributed by atoms with Crippen LogP contribution in [0.5, 0.6) is 0 Å². The Hall–Kier alpha value is -1.39. The van der Waals surface area contributed by atoms with Crippen molar-refractivity contribution in [2.24, 2.45) is 0 Å². The van der Waals surface area contributed by atoms with Gasteiger partial charge in [0.05, 0.1) is 0 Å². The van der Waals surface area contributed by atoms with Gasteiger partial charge in [-0.2, -0.15) is 0 Å². The fourth-order valence-corrected chi connectivity index (χ4v) is 0.650. The van der Waals surface area contributed by atoms with E-state index in [1.807, 2.05) is 0 Å². The third kappa shape index (κ3) is 4.59. The predicted molar refractivity (Wildman–Crippen MR) is 47.5 cm³/mol. The van der Waals surface area contributed by atoms with Crippen molar-refractivity contribution >= 4 is 17.7 Å². The standard InChI is InChI=1S/C9H14O5/c1-5(10)6(2)14-9(12)7(3)13-8(4)11/h6-7H,1-4H3. The van der Waals surface area contributed by atoms with E-state index in [-0.39, 0.29) is 5.78 Å². The first-order valence-corrected chi connectivity index (χ1v) is 4.22. The Kier molecular flexibility index (Phi) is 4.83. The number of ether oxygens (including phenoxy) is 2.